The number of esters is 1. The van der Waals surface area contributed by atoms with E-state index in [-0.39, 0.29) is 12.5 Å². The highest BCUT2D eigenvalue weighted by Crippen LogP contribution is 2.28. The number of carbonyl (C=O) groups is 2. The lowest BCUT2D eigenvalue weighted by molar-refractivity contribution is -0.121. The van der Waals surface area contributed by atoms with Crippen LogP contribution in [-0.2, 0) is 16.0 Å². The number of rotatable bonds is 5. The molecule has 5 rings (SSSR count). The number of anilines is 1. The first-order valence-electron chi connectivity index (χ1n) is 10.9. The molecule has 0 unspecified atom stereocenters. The first-order valence-corrected chi connectivity index (χ1v) is 10.9. The monoisotopic (exact) mass is 437 g/mol. The zero-order valence-electron chi connectivity index (χ0n) is 18.3. The van der Waals surface area contributed by atoms with E-state index in [0.717, 1.165) is 34.5 Å². The average molecular weight is 437 g/mol. The number of para-hydroxylation sites is 2. The Morgan fingerprint density at radius 2 is 1.67 bits per heavy atom. The fraction of sp³-hybridized carbons (Fsp3) is 0.148. The molecule has 0 radical (unpaired) electrons. The van der Waals surface area contributed by atoms with Crippen LogP contribution < -0.4 is 4.90 Å². The SMILES string of the molecule is Cc1ccc(-c2nn(-c3ccccc3)cc2C(=O)OCC(=O)N2CCc3ccccc32)cc1. The number of fused-ring (bicyclic) bond motifs is 1. The van der Waals surface area contributed by atoms with Crippen LogP contribution in [0.1, 0.15) is 21.5 Å². The van der Waals surface area contributed by atoms with Crippen LogP contribution in [0.4, 0.5) is 5.69 Å². The van der Waals surface area contributed by atoms with E-state index < -0.39 is 5.97 Å². The zero-order valence-corrected chi connectivity index (χ0v) is 18.3. The second-order valence-electron chi connectivity index (χ2n) is 8.04. The van der Waals surface area contributed by atoms with Gasteiger partial charge in [-0.3, -0.25) is 4.79 Å². The first kappa shape index (κ1) is 20.7. The minimum absolute atomic E-state index is 0.236. The normalized spacial score (nSPS) is 12.5. The van der Waals surface area contributed by atoms with Crippen molar-refractivity contribution in [1.82, 2.24) is 9.78 Å². The summed E-state index contributed by atoms with van der Waals surface area (Å²) in [6.45, 7) is 2.27. The number of benzene rings is 3. The summed E-state index contributed by atoms with van der Waals surface area (Å²) < 4.78 is 7.13. The largest absolute Gasteiger partial charge is 0.452 e. The van der Waals surface area contributed by atoms with Crippen LogP contribution in [0.25, 0.3) is 16.9 Å². The van der Waals surface area contributed by atoms with Crippen molar-refractivity contribution >= 4 is 17.6 Å². The van der Waals surface area contributed by atoms with Crippen molar-refractivity contribution in [3.8, 4) is 16.9 Å². The van der Waals surface area contributed by atoms with Crippen molar-refractivity contribution in [3.05, 3.63) is 102 Å². The molecule has 2 heterocycles. The molecule has 3 aromatic carbocycles. The maximum absolute atomic E-state index is 13.1. The predicted octanol–water partition coefficient (Wildman–Crippen LogP) is 4.59. The number of ether oxygens (including phenoxy) is 1. The Morgan fingerprint density at radius 3 is 2.45 bits per heavy atom. The van der Waals surface area contributed by atoms with E-state index in [2.05, 4.69) is 5.10 Å². The number of aryl methyl sites for hydroxylation is 1. The van der Waals surface area contributed by atoms with Gasteiger partial charge in [-0.15, -0.1) is 0 Å². The minimum Gasteiger partial charge on any atom is -0.452 e. The van der Waals surface area contributed by atoms with E-state index in [1.165, 1.54) is 0 Å². The second kappa shape index (κ2) is 8.74. The Balaban J connectivity index is 1.39. The van der Waals surface area contributed by atoms with Crippen LogP contribution in [0.5, 0.6) is 0 Å². The van der Waals surface area contributed by atoms with Gasteiger partial charge < -0.3 is 9.64 Å². The molecular weight excluding hydrogens is 414 g/mol. The van der Waals surface area contributed by atoms with E-state index >= 15 is 0 Å². The van der Waals surface area contributed by atoms with Gasteiger partial charge in [0.1, 0.15) is 11.3 Å². The standard InChI is InChI=1S/C27H23N3O3/c1-19-11-13-21(14-12-19)26-23(17-30(28-26)22-8-3-2-4-9-22)27(32)33-18-25(31)29-16-15-20-7-5-6-10-24(20)29/h2-14,17H,15-16,18H2,1H3. The van der Waals surface area contributed by atoms with E-state index in [0.29, 0.717) is 17.8 Å². The fourth-order valence-corrected chi connectivity index (χ4v) is 4.04. The van der Waals surface area contributed by atoms with Crippen LogP contribution in [0, 0.1) is 6.92 Å². The molecule has 0 aliphatic carbocycles. The lowest BCUT2D eigenvalue weighted by Crippen LogP contribution is -2.33. The molecule has 33 heavy (non-hydrogen) atoms. The van der Waals surface area contributed by atoms with Gasteiger partial charge in [-0.2, -0.15) is 5.10 Å². The van der Waals surface area contributed by atoms with Crippen molar-refractivity contribution in [2.75, 3.05) is 18.1 Å². The molecule has 0 bridgehead atoms. The van der Waals surface area contributed by atoms with Gasteiger partial charge in [0.05, 0.1) is 5.69 Å². The van der Waals surface area contributed by atoms with Crippen LogP contribution >= 0.6 is 0 Å². The third kappa shape index (κ3) is 4.15. The molecule has 0 N–H and O–H groups in total. The van der Waals surface area contributed by atoms with Crippen molar-refractivity contribution in [2.45, 2.75) is 13.3 Å². The highest BCUT2D eigenvalue weighted by atomic mass is 16.5. The molecule has 0 saturated heterocycles. The molecule has 1 aliphatic rings. The number of nitrogens with zero attached hydrogens (tertiary/aromatic N) is 3. The van der Waals surface area contributed by atoms with Gasteiger partial charge in [0.15, 0.2) is 6.61 Å². The number of hydrogen-bond donors (Lipinski definition) is 0. The van der Waals surface area contributed by atoms with Crippen LogP contribution in [-0.4, -0.2) is 34.8 Å². The van der Waals surface area contributed by atoms with Gasteiger partial charge >= 0.3 is 5.97 Å². The highest BCUT2D eigenvalue weighted by molar-refractivity contribution is 6.00. The van der Waals surface area contributed by atoms with E-state index in [1.54, 1.807) is 15.8 Å². The molecule has 0 saturated carbocycles. The number of amides is 1. The molecular formula is C27H23N3O3. The van der Waals surface area contributed by atoms with Gasteiger partial charge in [0.25, 0.3) is 5.91 Å². The summed E-state index contributed by atoms with van der Waals surface area (Å²) in [5.41, 5.74) is 5.59. The van der Waals surface area contributed by atoms with E-state index in [4.69, 9.17) is 4.74 Å². The Hall–Kier alpha value is -4.19. The smallest absolute Gasteiger partial charge is 0.342 e. The third-order valence-electron chi connectivity index (χ3n) is 5.79. The summed E-state index contributed by atoms with van der Waals surface area (Å²) in [6, 6.07) is 25.2. The van der Waals surface area contributed by atoms with Crippen LogP contribution in [0.2, 0.25) is 0 Å². The fourth-order valence-electron chi connectivity index (χ4n) is 4.04. The molecule has 6 nitrogen and oxygen atoms in total. The summed E-state index contributed by atoms with van der Waals surface area (Å²) in [4.78, 5) is 27.5. The highest BCUT2D eigenvalue weighted by Gasteiger charge is 2.26. The Morgan fingerprint density at radius 1 is 0.939 bits per heavy atom. The summed E-state index contributed by atoms with van der Waals surface area (Å²) in [6.07, 6.45) is 2.46. The van der Waals surface area contributed by atoms with Crippen molar-refractivity contribution < 1.29 is 14.3 Å². The van der Waals surface area contributed by atoms with Gasteiger partial charge in [0.2, 0.25) is 0 Å². The molecule has 1 amide bonds. The first-order chi connectivity index (χ1) is 16.1. The van der Waals surface area contributed by atoms with E-state index in [1.807, 2.05) is 85.8 Å². The minimum atomic E-state index is -0.575. The maximum atomic E-state index is 13.1. The van der Waals surface area contributed by atoms with Gasteiger partial charge in [-0.25, -0.2) is 9.48 Å². The predicted molar refractivity (Wildman–Crippen MR) is 127 cm³/mol. The summed E-state index contributed by atoms with van der Waals surface area (Å²) in [5, 5.41) is 4.66. The van der Waals surface area contributed by atoms with Crippen molar-refractivity contribution in [3.63, 3.8) is 0 Å². The quantitative estimate of drug-likeness (QED) is 0.428. The van der Waals surface area contributed by atoms with Crippen LogP contribution in [0.3, 0.4) is 0 Å². The Bertz CT molecular complexity index is 1310. The summed E-state index contributed by atoms with van der Waals surface area (Å²) >= 11 is 0. The zero-order chi connectivity index (χ0) is 22.8. The van der Waals surface area contributed by atoms with Gasteiger partial charge in [-0.05, 0) is 37.1 Å². The molecule has 164 valence electrons. The number of aromatic nitrogens is 2. The number of carbonyl (C=O) groups excluding carboxylic acids is 2. The molecule has 1 aliphatic heterocycles. The Labute approximate surface area is 192 Å². The third-order valence-corrected chi connectivity index (χ3v) is 5.79. The van der Waals surface area contributed by atoms with Crippen LogP contribution in [0.15, 0.2) is 85.1 Å². The molecule has 6 heteroatoms. The second-order valence-corrected chi connectivity index (χ2v) is 8.04. The van der Waals surface area contributed by atoms with Gasteiger partial charge in [0, 0.05) is 24.0 Å². The lowest BCUT2D eigenvalue weighted by atomic mass is 10.1. The molecule has 4 aromatic rings. The molecule has 0 spiro atoms. The maximum Gasteiger partial charge on any atom is 0.342 e. The Kier molecular flexibility index (Phi) is 5.48. The van der Waals surface area contributed by atoms with E-state index in [9.17, 15) is 9.59 Å². The molecule has 0 atom stereocenters. The topological polar surface area (TPSA) is 64.4 Å². The van der Waals surface area contributed by atoms with Gasteiger partial charge in [-0.1, -0.05) is 66.2 Å². The molecule has 1 aromatic heterocycles. The van der Waals surface area contributed by atoms with Crippen molar-refractivity contribution in [1.29, 1.82) is 0 Å². The summed E-state index contributed by atoms with van der Waals surface area (Å²) in [5.74, 6) is -0.811. The van der Waals surface area contributed by atoms with Crippen molar-refractivity contribution in [2.24, 2.45) is 0 Å². The summed E-state index contributed by atoms with van der Waals surface area (Å²) in [7, 11) is 0. The lowest BCUT2D eigenvalue weighted by Gasteiger charge is -2.17. The molecule has 0 fully saturated rings. The number of hydrogen-bond acceptors (Lipinski definition) is 4. The average Bonchev–Trinajstić information content (AvgIpc) is 3.49.